The van der Waals surface area contributed by atoms with E-state index in [9.17, 15) is 9.90 Å². The molecule has 7 heteroatoms. The zero-order valence-electron chi connectivity index (χ0n) is 15.3. The summed E-state index contributed by atoms with van der Waals surface area (Å²) < 4.78 is 0. The number of aliphatic hydroxyl groups excluding tert-OH is 1. The number of aliphatic hydroxyl groups is 1. The summed E-state index contributed by atoms with van der Waals surface area (Å²) in [7, 11) is 0. The van der Waals surface area contributed by atoms with Crippen LogP contribution in [0.5, 0.6) is 0 Å². The van der Waals surface area contributed by atoms with Gasteiger partial charge >= 0.3 is 0 Å². The Morgan fingerprint density at radius 2 is 1.88 bits per heavy atom. The van der Waals surface area contributed by atoms with Crippen molar-refractivity contribution in [2.24, 2.45) is 4.99 Å². The van der Waals surface area contributed by atoms with Crippen molar-refractivity contribution >= 4 is 35.8 Å². The van der Waals surface area contributed by atoms with Crippen molar-refractivity contribution in [3.8, 4) is 0 Å². The number of amides is 1. The molecular weight excluding hydrogens is 431 g/mol. The molecule has 0 fully saturated rings. The smallest absolute Gasteiger partial charge is 0.221 e. The molecule has 0 aromatic heterocycles. The molecule has 1 atom stereocenters. The fourth-order valence-electron chi connectivity index (χ4n) is 2.17. The normalized spacial score (nSPS) is 12.3. The summed E-state index contributed by atoms with van der Waals surface area (Å²) in [6.45, 7) is 7.63. The predicted molar refractivity (Wildman–Crippen MR) is 113 cm³/mol. The predicted octanol–water partition coefficient (Wildman–Crippen LogP) is 2.20. The third kappa shape index (κ3) is 11.0. The Hall–Kier alpha value is -1.35. The molecule has 1 unspecified atom stereocenters. The fraction of sp³-hybridized carbons (Fsp3) is 0.556. The highest BCUT2D eigenvalue weighted by molar-refractivity contribution is 14.0. The molecule has 0 radical (unpaired) electrons. The largest absolute Gasteiger partial charge is 0.388 e. The van der Waals surface area contributed by atoms with Crippen LogP contribution in [0, 0.1) is 0 Å². The number of carbonyl (C=O) groups is 1. The van der Waals surface area contributed by atoms with Crippen LogP contribution in [0.2, 0.25) is 0 Å². The van der Waals surface area contributed by atoms with Crippen LogP contribution < -0.4 is 16.0 Å². The summed E-state index contributed by atoms with van der Waals surface area (Å²) in [5.74, 6) is 0.683. The van der Waals surface area contributed by atoms with Gasteiger partial charge in [0.2, 0.25) is 5.91 Å². The molecule has 1 aromatic carbocycles. The molecular formula is C18H31IN4O2. The van der Waals surface area contributed by atoms with Crippen molar-refractivity contribution in [2.45, 2.75) is 45.8 Å². The number of nitrogens with one attached hydrogen (secondary N) is 3. The molecule has 0 heterocycles. The van der Waals surface area contributed by atoms with E-state index in [1.807, 2.05) is 51.1 Å². The molecule has 0 aliphatic rings. The van der Waals surface area contributed by atoms with E-state index < -0.39 is 6.10 Å². The van der Waals surface area contributed by atoms with Crippen molar-refractivity contribution in [1.82, 2.24) is 16.0 Å². The lowest BCUT2D eigenvalue weighted by molar-refractivity contribution is -0.121. The first kappa shape index (κ1) is 23.6. The first-order chi connectivity index (χ1) is 11.5. The summed E-state index contributed by atoms with van der Waals surface area (Å²) in [4.78, 5) is 16.0. The van der Waals surface area contributed by atoms with Gasteiger partial charge in [-0.1, -0.05) is 30.3 Å². The number of benzene rings is 1. The van der Waals surface area contributed by atoms with E-state index in [2.05, 4.69) is 20.9 Å². The Morgan fingerprint density at radius 1 is 1.20 bits per heavy atom. The maximum absolute atomic E-state index is 11.6. The maximum atomic E-state index is 11.6. The number of halogens is 1. The van der Waals surface area contributed by atoms with Gasteiger partial charge in [-0.3, -0.25) is 9.79 Å². The average molecular weight is 462 g/mol. The number of aliphatic imine (C=N–C) groups is 1. The number of nitrogens with zero attached hydrogens (tertiary/aromatic N) is 1. The Balaban J connectivity index is 0.00000576. The van der Waals surface area contributed by atoms with E-state index >= 15 is 0 Å². The van der Waals surface area contributed by atoms with Gasteiger partial charge < -0.3 is 21.1 Å². The van der Waals surface area contributed by atoms with Gasteiger partial charge in [-0.15, -0.1) is 24.0 Å². The lowest BCUT2D eigenvalue weighted by Crippen LogP contribution is -2.40. The first-order valence-electron chi connectivity index (χ1n) is 8.57. The fourth-order valence-corrected chi connectivity index (χ4v) is 2.17. The second-order valence-corrected chi connectivity index (χ2v) is 5.87. The molecule has 0 bridgehead atoms. The Kier molecular flexibility index (Phi) is 13.1. The van der Waals surface area contributed by atoms with Crippen LogP contribution in [0.3, 0.4) is 0 Å². The Labute approximate surface area is 167 Å². The second kappa shape index (κ2) is 13.9. The van der Waals surface area contributed by atoms with Gasteiger partial charge in [0.05, 0.1) is 6.10 Å². The van der Waals surface area contributed by atoms with E-state index in [0.29, 0.717) is 31.9 Å². The molecule has 0 spiro atoms. The van der Waals surface area contributed by atoms with E-state index in [-0.39, 0.29) is 35.9 Å². The molecule has 6 nitrogen and oxygen atoms in total. The highest BCUT2D eigenvalue weighted by Gasteiger charge is 2.07. The monoisotopic (exact) mass is 462 g/mol. The minimum atomic E-state index is -0.519. The highest BCUT2D eigenvalue weighted by Crippen LogP contribution is 2.15. The molecule has 4 N–H and O–H groups in total. The van der Waals surface area contributed by atoms with Crippen LogP contribution in [0.25, 0.3) is 0 Å². The van der Waals surface area contributed by atoms with Gasteiger partial charge in [0.1, 0.15) is 0 Å². The SMILES string of the molecule is CCNC(=NCCC(O)c1ccccc1)NCCC(=O)NC(C)C.I. The molecule has 25 heavy (non-hydrogen) atoms. The van der Waals surface area contributed by atoms with Crippen LogP contribution >= 0.6 is 24.0 Å². The van der Waals surface area contributed by atoms with Crippen LogP contribution in [0.1, 0.15) is 45.3 Å². The summed E-state index contributed by atoms with van der Waals surface area (Å²) in [6.07, 6.45) is 0.429. The Bertz CT molecular complexity index is 509. The minimum Gasteiger partial charge on any atom is -0.388 e. The standard InChI is InChI=1S/C18H30N4O2.HI/c1-4-19-18(21-13-11-17(24)22-14(2)3)20-12-10-16(23)15-8-6-5-7-9-15;/h5-9,14,16,23H,4,10-13H2,1-3H3,(H,22,24)(H2,19,20,21);1H. The van der Waals surface area contributed by atoms with Gasteiger partial charge in [-0.05, 0) is 32.8 Å². The maximum Gasteiger partial charge on any atom is 0.221 e. The van der Waals surface area contributed by atoms with Crippen molar-refractivity contribution in [3.05, 3.63) is 35.9 Å². The van der Waals surface area contributed by atoms with Crippen LogP contribution in [0.4, 0.5) is 0 Å². The molecule has 0 aliphatic heterocycles. The molecule has 0 saturated heterocycles. The lowest BCUT2D eigenvalue weighted by atomic mass is 10.1. The second-order valence-electron chi connectivity index (χ2n) is 5.87. The van der Waals surface area contributed by atoms with Gasteiger partial charge in [0.25, 0.3) is 0 Å². The zero-order chi connectivity index (χ0) is 17.8. The summed E-state index contributed by atoms with van der Waals surface area (Å²) in [5, 5.41) is 19.3. The van der Waals surface area contributed by atoms with Gasteiger partial charge in [-0.2, -0.15) is 0 Å². The van der Waals surface area contributed by atoms with Crippen molar-refractivity contribution in [2.75, 3.05) is 19.6 Å². The van der Waals surface area contributed by atoms with Crippen LogP contribution in [-0.4, -0.2) is 42.6 Å². The molecule has 1 aromatic rings. The number of rotatable bonds is 9. The average Bonchev–Trinajstić information content (AvgIpc) is 2.54. The minimum absolute atomic E-state index is 0. The van der Waals surface area contributed by atoms with Crippen LogP contribution in [-0.2, 0) is 4.79 Å². The van der Waals surface area contributed by atoms with Crippen molar-refractivity contribution in [1.29, 1.82) is 0 Å². The van der Waals surface area contributed by atoms with E-state index in [0.717, 1.165) is 12.1 Å². The highest BCUT2D eigenvalue weighted by atomic mass is 127. The van der Waals surface area contributed by atoms with Crippen molar-refractivity contribution in [3.63, 3.8) is 0 Å². The van der Waals surface area contributed by atoms with E-state index in [1.165, 1.54) is 0 Å². The number of hydrogen-bond donors (Lipinski definition) is 4. The molecule has 1 amide bonds. The number of carbonyl (C=O) groups excluding carboxylic acids is 1. The van der Waals surface area contributed by atoms with Crippen LogP contribution in [0.15, 0.2) is 35.3 Å². The van der Waals surface area contributed by atoms with Crippen molar-refractivity contribution < 1.29 is 9.90 Å². The van der Waals surface area contributed by atoms with Gasteiger partial charge in [-0.25, -0.2) is 0 Å². The third-order valence-corrected chi connectivity index (χ3v) is 3.30. The molecule has 1 rings (SSSR count). The quantitative estimate of drug-likeness (QED) is 0.258. The lowest BCUT2D eigenvalue weighted by Gasteiger charge is -2.13. The summed E-state index contributed by atoms with van der Waals surface area (Å²) in [5.41, 5.74) is 0.899. The molecule has 142 valence electrons. The third-order valence-electron chi connectivity index (χ3n) is 3.30. The number of hydrogen-bond acceptors (Lipinski definition) is 3. The topological polar surface area (TPSA) is 85.8 Å². The van der Waals surface area contributed by atoms with Gasteiger partial charge in [0.15, 0.2) is 5.96 Å². The van der Waals surface area contributed by atoms with E-state index in [4.69, 9.17) is 0 Å². The first-order valence-corrected chi connectivity index (χ1v) is 8.57. The zero-order valence-corrected chi connectivity index (χ0v) is 17.6. The summed E-state index contributed by atoms with van der Waals surface area (Å²) >= 11 is 0. The molecule has 0 saturated carbocycles. The Morgan fingerprint density at radius 3 is 2.48 bits per heavy atom. The van der Waals surface area contributed by atoms with Gasteiger partial charge in [0, 0.05) is 32.1 Å². The molecule has 0 aliphatic carbocycles. The summed E-state index contributed by atoms with van der Waals surface area (Å²) in [6, 6.07) is 9.72. The number of guanidine groups is 1. The van der Waals surface area contributed by atoms with E-state index in [1.54, 1.807) is 0 Å².